The molecular formula is C12H12O2. The highest BCUT2D eigenvalue weighted by Crippen LogP contribution is 2.33. The number of rotatable bonds is 2. The Morgan fingerprint density at radius 2 is 2.43 bits per heavy atom. The molecule has 72 valence electrons. The van der Waals surface area contributed by atoms with E-state index in [0.29, 0.717) is 6.61 Å². The van der Waals surface area contributed by atoms with Gasteiger partial charge >= 0.3 is 0 Å². The average Bonchev–Trinajstić information content (AvgIpc) is 2.57. The Kier molecular flexibility index (Phi) is 2.43. The van der Waals surface area contributed by atoms with Gasteiger partial charge < -0.3 is 9.84 Å². The van der Waals surface area contributed by atoms with Gasteiger partial charge in [0.2, 0.25) is 0 Å². The summed E-state index contributed by atoms with van der Waals surface area (Å²) >= 11 is 0. The van der Waals surface area contributed by atoms with Crippen LogP contribution in [0.2, 0.25) is 0 Å². The summed E-state index contributed by atoms with van der Waals surface area (Å²) in [5.41, 5.74) is 2.20. The van der Waals surface area contributed by atoms with E-state index in [2.05, 4.69) is 5.92 Å². The van der Waals surface area contributed by atoms with E-state index in [1.54, 1.807) is 0 Å². The van der Waals surface area contributed by atoms with Gasteiger partial charge in [-0.15, -0.1) is 6.42 Å². The lowest BCUT2D eigenvalue weighted by molar-refractivity contribution is 0.180. The number of benzene rings is 1. The number of hydrogen-bond donors (Lipinski definition) is 1. The molecule has 2 nitrogen and oxygen atoms in total. The van der Waals surface area contributed by atoms with Crippen molar-refractivity contribution in [3.05, 3.63) is 29.3 Å². The fourth-order valence-corrected chi connectivity index (χ4v) is 1.79. The number of hydrogen-bond acceptors (Lipinski definition) is 2. The van der Waals surface area contributed by atoms with Crippen LogP contribution in [0.5, 0.6) is 5.75 Å². The fraction of sp³-hybridized carbons (Fsp3) is 0.333. The first-order valence-corrected chi connectivity index (χ1v) is 4.68. The minimum Gasteiger partial charge on any atom is -0.481 e. The number of terminal acetylenes is 1. The van der Waals surface area contributed by atoms with Crippen LogP contribution < -0.4 is 4.74 Å². The maximum atomic E-state index is 9.58. The van der Waals surface area contributed by atoms with Crippen LogP contribution in [0.3, 0.4) is 0 Å². The molecule has 0 saturated heterocycles. The van der Waals surface area contributed by atoms with Crippen LogP contribution in [0, 0.1) is 12.3 Å². The third kappa shape index (κ3) is 1.59. The quantitative estimate of drug-likeness (QED) is 0.715. The molecule has 14 heavy (non-hydrogen) atoms. The van der Waals surface area contributed by atoms with E-state index < -0.39 is 0 Å². The minimum absolute atomic E-state index is 0.293. The molecule has 0 aliphatic heterocycles. The summed E-state index contributed by atoms with van der Waals surface area (Å²) < 4.78 is 5.30. The highest BCUT2D eigenvalue weighted by Gasteiger charge is 2.20. The summed E-state index contributed by atoms with van der Waals surface area (Å²) in [6.45, 7) is 0.293. The smallest absolute Gasteiger partial charge is 0.148 e. The second-order valence-corrected chi connectivity index (χ2v) is 3.41. The zero-order valence-corrected chi connectivity index (χ0v) is 7.86. The van der Waals surface area contributed by atoms with E-state index >= 15 is 0 Å². The molecule has 0 heterocycles. The van der Waals surface area contributed by atoms with Crippen LogP contribution in [0.25, 0.3) is 0 Å². The van der Waals surface area contributed by atoms with E-state index in [9.17, 15) is 5.11 Å². The fourth-order valence-electron chi connectivity index (χ4n) is 1.79. The average molecular weight is 188 g/mol. The molecule has 0 bridgehead atoms. The summed E-state index contributed by atoms with van der Waals surface area (Å²) in [4.78, 5) is 0. The summed E-state index contributed by atoms with van der Waals surface area (Å²) in [5, 5.41) is 9.58. The van der Waals surface area contributed by atoms with Crippen molar-refractivity contribution in [2.45, 2.75) is 18.9 Å². The standard InChI is InChI=1S/C12H12O2/c1-2-7-14-10-4-5-11-9(8-10)3-6-12(11)13/h1,4-5,8,12-13H,3,6-7H2/t12-/m0/s1. The Morgan fingerprint density at radius 1 is 1.57 bits per heavy atom. The molecule has 1 aliphatic carbocycles. The van der Waals surface area contributed by atoms with Crippen LogP contribution in [0.1, 0.15) is 23.7 Å². The monoisotopic (exact) mass is 188 g/mol. The summed E-state index contributed by atoms with van der Waals surface area (Å²) in [6.07, 6.45) is 6.53. The highest BCUT2D eigenvalue weighted by atomic mass is 16.5. The maximum absolute atomic E-state index is 9.58. The number of fused-ring (bicyclic) bond motifs is 1. The van der Waals surface area contributed by atoms with Crippen LogP contribution in [0.15, 0.2) is 18.2 Å². The molecule has 0 amide bonds. The second kappa shape index (κ2) is 3.73. The molecule has 0 radical (unpaired) electrons. The predicted octanol–water partition coefficient (Wildman–Crippen LogP) is 1.68. The Balaban J connectivity index is 2.20. The SMILES string of the molecule is C#CCOc1ccc2c(c1)CC[C@@H]2O. The van der Waals surface area contributed by atoms with Crippen molar-refractivity contribution < 1.29 is 9.84 Å². The second-order valence-electron chi connectivity index (χ2n) is 3.41. The van der Waals surface area contributed by atoms with Gasteiger partial charge in [-0.05, 0) is 36.1 Å². The van der Waals surface area contributed by atoms with E-state index in [4.69, 9.17) is 11.2 Å². The van der Waals surface area contributed by atoms with Gasteiger partial charge in [-0.2, -0.15) is 0 Å². The lowest BCUT2D eigenvalue weighted by Gasteiger charge is -2.06. The molecule has 2 heteroatoms. The number of aliphatic hydroxyl groups is 1. The Labute approximate surface area is 83.5 Å². The molecule has 1 aliphatic rings. The van der Waals surface area contributed by atoms with Crippen LogP contribution in [-0.2, 0) is 6.42 Å². The first kappa shape index (κ1) is 9.11. The van der Waals surface area contributed by atoms with Crippen LogP contribution in [-0.4, -0.2) is 11.7 Å². The molecule has 1 atom stereocenters. The van der Waals surface area contributed by atoms with Gasteiger partial charge in [0.15, 0.2) is 0 Å². The topological polar surface area (TPSA) is 29.5 Å². The maximum Gasteiger partial charge on any atom is 0.148 e. The normalized spacial score (nSPS) is 18.7. The van der Waals surface area contributed by atoms with Gasteiger partial charge in [-0.3, -0.25) is 0 Å². The van der Waals surface area contributed by atoms with Crippen molar-refractivity contribution in [1.29, 1.82) is 0 Å². The van der Waals surface area contributed by atoms with Gasteiger partial charge in [0.1, 0.15) is 12.4 Å². The van der Waals surface area contributed by atoms with E-state index in [1.807, 2.05) is 18.2 Å². The molecule has 0 spiro atoms. The zero-order valence-electron chi connectivity index (χ0n) is 7.86. The minimum atomic E-state index is -0.299. The van der Waals surface area contributed by atoms with Gasteiger partial charge in [0, 0.05) is 0 Å². The molecule has 2 rings (SSSR count). The molecule has 0 unspecified atom stereocenters. The van der Waals surface area contributed by atoms with Crippen molar-refractivity contribution in [1.82, 2.24) is 0 Å². The Morgan fingerprint density at radius 3 is 3.21 bits per heavy atom. The molecule has 0 aromatic heterocycles. The highest BCUT2D eigenvalue weighted by molar-refractivity contribution is 5.39. The van der Waals surface area contributed by atoms with E-state index in [-0.39, 0.29) is 6.10 Å². The van der Waals surface area contributed by atoms with E-state index in [0.717, 1.165) is 24.2 Å². The van der Waals surface area contributed by atoms with Crippen molar-refractivity contribution in [3.63, 3.8) is 0 Å². The molecule has 1 aromatic carbocycles. The van der Waals surface area contributed by atoms with Gasteiger partial charge in [-0.25, -0.2) is 0 Å². The molecule has 1 aromatic rings. The number of ether oxygens (including phenoxy) is 1. The predicted molar refractivity (Wildman–Crippen MR) is 54.1 cm³/mol. The van der Waals surface area contributed by atoms with Crippen molar-refractivity contribution >= 4 is 0 Å². The Bertz CT molecular complexity index is 376. The third-order valence-corrected chi connectivity index (χ3v) is 2.48. The van der Waals surface area contributed by atoms with Crippen molar-refractivity contribution in [2.24, 2.45) is 0 Å². The van der Waals surface area contributed by atoms with Gasteiger partial charge in [0.05, 0.1) is 6.10 Å². The summed E-state index contributed by atoms with van der Waals surface area (Å²) in [6, 6.07) is 5.73. The lowest BCUT2D eigenvalue weighted by Crippen LogP contribution is -1.95. The third-order valence-electron chi connectivity index (χ3n) is 2.48. The first-order chi connectivity index (χ1) is 6.81. The zero-order chi connectivity index (χ0) is 9.97. The Hall–Kier alpha value is -1.46. The molecular weight excluding hydrogens is 176 g/mol. The van der Waals surface area contributed by atoms with Crippen molar-refractivity contribution in [2.75, 3.05) is 6.61 Å². The molecule has 0 fully saturated rings. The first-order valence-electron chi connectivity index (χ1n) is 4.68. The summed E-state index contributed by atoms with van der Waals surface area (Å²) in [5.74, 6) is 3.21. The summed E-state index contributed by atoms with van der Waals surface area (Å²) in [7, 11) is 0. The number of aliphatic hydroxyl groups excluding tert-OH is 1. The largest absolute Gasteiger partial charge is 0.481 e. The van der Waals surface area contributed by atoms with Gasteiger partial charge in [0.25, 0.3) is 0 Å². The van der Waals surface area contributed by atoms with Crippen LogP contribution in [0.4, 0.5) is 0 Å². The van der Waals surface area contributed by atoms with Crippen LogP contribution >= 0.6 is 0 Å². The number of aryl methyl sites for hydroxylation is 1. The molecule has 0 saturated carbocycles. The lowest BCUT2D eigenvalue weighted by atomic mass is 10.1. The van der Waals surface area contributed by atoms with Crippen molar-refractivity contribution in [3.8, 4) is 18.1 Å². The van der Waals surface area contributed by atoms with Gasteiger partial charge in [-0.1, -0.05) is 12.0 Å². The molecule has 1 N–H and O–H groups in total. The van der Waals surface area contributed by atoms with E-state index in [1.165, 1.54) is 5.56 Å².